The number of fused-ring (bicyclic) bond motifs is 2. The third kappa shape index (κ3) is 3.36. The molecule has 0 fully saturated rings. The lowest BCUT2D eigenvalue weighted by atomic mass is 9.92. The molecule has 3 heteroatoms. The van der Waals surface area contributed by atoms with Gasteiger partial charge < -0.3 is 9.88 Å². The third-order valence-corrected chi connectivity index (χ3v) is 5.03. The molecule has 1 N–H and O–H groups in total. The van der Waals surface area contributed by atoms with Crippen LogP contribution >= 0.6 is 0 Å². The lowest BCUT2D eigenvalue weighted by Gasteiger charge is -2.25. The van der Waals surface area contributed by atoms with Crippen molar-refractivity contribution in [1.82, 2.24) is 14.9 Å². The molecule has 0 saturated carbocycles. The van der Waals surface area contributed by atoms with Crippen molar-refractivity contribution in [2.75, 3.05) is 6.54 Å². The number of rotatable bonds is 6. The third-order valence-electron chi connectivity index (χ3n) is 5.03. The van der Waals surface area contributed by atoms with Gasteiger partial charge in [0.1, 0.15) is 0 Å². The van der Waals surface area contributed by atoms with Gasteiger partial charge in [0, 0.05) is 31.2 Å². The molecule has 0 aliphatic heterocycles. The largest absolute Gasteiger partial charge is 0.353 e. The Labute approximate surface area is 143 Å². The Balaban J connectivity index is 1.25. The minimum absolute atomic E-state index is 0.448. The zero-order valence-electron chi connectivity index (χ0n) is 14.1. The van der Waals surface area contributed by atoms with Gasteiger partial charge in [-0.1, -0.05) is 30.3 Å². The van der Waals surface area contributed by atoms with Gasteiger partial charge >= 0.3 is 0 Å². The van der Waals surface area contributed by atoms with Crippen LogP contribution in [-0.4, -0.2) is 16.1 Å². The molecule has 0 spiro atoms. The van der Waals surface area contributed by atoms with Crippen molar-refractivity contribution >= 4 is 10.8 Å². The number of nitrogens with zero attached hydrogens (tertiary/aromatic N) is 2. The molecular formula is C21H25N3. The molecule has 2 aromatic heterocycles. The molecule has 1 aromatic carbocycles. The molecule has 0 radical (unpaired) electrons. The Kier molecular flexibility index (Phi) is 4.61. The highest BCUT2D eigenvalue weighted by molar-refractivity contribution is 5.81. The molecule has 0 bridgehead atoms. The lowest BCUT2D eigenvalue weighted by Crippen LogP contribution is -2.27. The first-order valence-electron chi connectivity index (χ1n) is 9.12. The van der Waals surface area contributed by atoms with Crippen LogP contribution < -0.4 is 5.32 Å². The van der Waals surface area contributed by atoms with Crippen LogP contribution in [0.3, 0.4) is 0 Å². The van der Waals surface area contributed by atoms with Gasteiger partial charge in [-0.3, -0.25) is 4.98 Å². The highest BCUT2D eigenvalue weighted by atomic mass is 15.0. The fourth-order valence-electron chi connectivity index (χ4n) is 3.77. The maximum absolute atomic E-state index is 4.60. The summed E-state index contributed by atoms with van der Waals surface area (Å²) >= 11 is 0. The number of unbranched alkanes of at least 4 members (excludes halogenated alkanes) is 1. The average Bonchev–Trinajstić information content (AvgIpc) is 3.04. The van der Waals surface area contributed by atoms with E-state index in [1.54, 1.807) is 0 Å². The van der Waals surface area contributed by atoms with Crippen molar-refractivity contribution in [1.29, 1.82) is 0 Å². The number of nitrogens with one attached hydrogen (secondary N) is 1. The van der Waals surface area contributed by atoms with Crippen LogP contribution in [0.15, 0.2) is 55.0 Å². The van der Waals surface area contributed by atoms with Gasteiger partial charge in [-0.15, -0.1) is 0 Å². The van der Waals surface area contributed by atoms with Gasteiger partial charge in [-0.05, 0) is 61.1 Å². The number of hydrogen-bond acceptors (Lipinski definition) is 2. The zero-order chi connectivity index (χ0) is 16.2. The monoisotopic (exact) mass is 319 g/mol. The summed E-state index contributed by atoms with van der Waals surface area (Å²) in [5.74, 6) is 0. The SMILES string of the molecule is c1cnc2c(c1)CCCC2NCCCCn1cc2ccccc2c1. The molecule has 24 heavy (non-hydrogen) atoms. The van der Waals surface area contributed by atoms with E-state index in [1.807, 2.05) is 6.20 Å². The van der Waals surface area contributed by atoms with Crippen molar-refractivity contribution in [2.24, 2.45) is 0 Å². The Bertz CT molecular complexity index is 772. The maximum Gasteiger partial charge on any atom is 0.0605 e. The van der Waals surface area contributed by atoms with Crippen LogP contribution in [0.25, 0.3) is 10.8 Å². The molecule has 0 saturated heterocycles. The highest BCUT2D eigenvalue weighted by Gasteiger charge is 2.20. The van der Waals surface area contributed by atoms with E-state index in [-0.39, 0.29) is 0 Å². The van der Waals surface area contributed by atoms with Crippen LogP contribution in [0.2, 0.25) is 0 Å². The molecule has 0 amide bonds. The second-order valence-corrected chi connectivity index (χ2v) is 6.78. The number of aromatic nitrogens is 2. The van der Waals surface area contributed by atoms with Crippen molar-refractivity contribution in [3.8, 4) is 0 Å². The summed E-state index contributed by atoms with van der Waals surface area (Å²) in [6.07, 6.45) is 12.5. The van der Waals surface area contributed by atoms with E-state index in [2.05, 4.69) is 63.7 Å². The summed E-state index contributed by atoms with van der Waals surface area (Å²) in [7, 11) is 0. The summed E-state index contributed by atoms with van der Waals surface area (Å²) in [4.78, 5) is 4.60. The van der Waals surface area contributed by atoms with E-state index in [1.165, 1.54) is 54.1 Å². The molecule has 1 aliphatic rings. The normalized spacial score (nSPS) is 17.1. The summed E-state index contributed by atoms with van der Waals surface area (Å²) in [6.45, 7) is 2.16. The van der Waals surface area contributed by atoms with Gasteiger partial charge in [0.2, 0.25) is 0 Å². The Hall–Kier alpha value is -2.13. The molecule has 3 nitrogen and oxygen atoms in total. The van der Waals surface area contributed by atoms with Crippen molar-refractivity contribution < 1.29 is 0 Å². The van der Waals surface area contributed by atoms with E-state index >= 15 is 0 Å². The zero-order valence-corrected chi connectivity index (χ0v) is 14.1. The second-order valence-electron chi connectivity index (χ2n) is 6.78. The first-order valence-corrected chi connectivity index (χ1v) is 9.12. The quantitative estimate of drug-likeness (QED) is 0.679. The molecule has 1 unspecified atom stereocenters. The standard InChI is InChI=1S/C21H25N3/c1-2-8-19-16-24(15-18(19)7-1)14-4-3-12-22-20-11-5-9-17-10-6-13-23-21(17)20/h1-2,6-8,10,13,15-16,20,22H,3-5,9,11-12,14H2. The second kappa shape index (κ2) is 7.18. The lowest BCUT2D eigenvalue weighted by molar-refractivity contribution is 0.437. The van der Waals surface area contributed by atoms with Crippen LogP contribution in [0.4, 0.5) is 0 Å². The van der Waals surface area contributed by atoms with Crippen LogP contribution in [0.5, 0.6) is 0 Å². The summed E-state index contributed by atoms with van der Waals surface area (Å²) < 4.78 is 2.32. The van der Waals surface area contributed by atoms with Gasteiger partial charge in [-0.2, -0.15) is 0 Å². The Morgan fingerprint density at radius 3 is 2.71 bits per heavy atom. The highest BCUT2D eigenvalue weighted by Crippen LogP contribution is 2.27. The van der Waals surface area contributed by atoms with E-state index in [0.717, 1.165) is 13.1 Å². The molecule has 1 aliphatic carbocycles. The summed E-state index contributed by atoms with van der Waals surface area (Å²) in [5.41, 5.74) is 2.71. The van der Waals surface area contributed by atoms with Crippen LogP contribution in [0, 0.1) is 0 Å². The topological polar surface area (TPSA) is 29.9 Å². The number of benzene rings is 1. The first kappa shape index (κ1) is 15.4. The first-order chi connectivity index (χ1) is 11.9. The molecule has 1 atom stereocenters. The maximum atomic E-state index is 4.60. The molecule has 3 aromatic rings. The van der Waals surface area contributed by atoms with Gasteiger partial charge in [0.05, 0.1) is 5.69 Å². The number of aryl methyl sites for hydroxylation is 2. The van der Waals surface area contributed by atoms with Crippen molar-refractivity contribution in [3.05, 3.63) is 66.2 Å². The molecular weight excluding hydrogens is 294 g/mol. The van der Waals surface area contributed by atoms with Gasteiger partial charge in [0.25, 0.3) is 0 Å². The molecule has 124 valence electrons. The van der Waals surface area contributed by atoms with Crippen molar-refractivity contribution in [2.45, 2.75) is 44.7 Å². The smallest absolute Gasteiger partial charge is 0.0605 e. The predicted molar refractivity (Wildman–Crippen MR) is 99.1 cm³/mol. The minimum atomic E-state index is 0.448. The van der Waals surface area contributed by atoms with E-state index in [9.17, 15) is 0 Å². The van der Waals surface area contributed by atoms with Crippen LogP contribution in [0.1, 0.15) is 43.0 Å². The van der Waals surface area contributed by atoms with Crippen molar-refractivity contribution in [3.63, 3.8) is 0 Å². The van der Waals surface area contributed by atoms with Crippen LogP contribution in [-0.2, 0) is 13.0 Å². The van der Waals surface area contributed by atoms with E-state index in [0.29, 0.717) is 6.04 Å². The predicted octanol–water partition coefficient (Wildman–Crippen LogP) is 4.48. The fraction of sp³-hybridized carbons (Fsp3) is 0.381. The Morgan fingerprint density at radius 1 is 1.04 bits per heavy atom. The summed E-state index contributed by atoms with van der Waals surface area (Å²) in [6, 6.07) is 13.3. The fourth-order valence-corrected chi connectivity index (χ4v) is 3.77. The average molecular weight is 319 g/mol. The number of hydrogen-bond donors (Lipinski definition) is 1. The molecule has 4 rings (SSSR count). The molecule has 2 heterocycles. The Morgan fingerprint density at radius 2 is 1.88 bits per heavy atom. The van der Waals surface area contributed by atoms with Gasteiger partial charge in [0.15, 0.2) is 0 Å². The summed E-state index contributed by atoms with van der Waals surface area (Å²) in [5, 5.41) is 6.39. The minimum Gasteiger partial charge on any atom is -0.353 e. The number of pyridine rings is 1. The van der Waals surface area contributed by atoms with E-state index < -0.39 is 0 Å². The van der Waals surface area contributed by atoms with E-state index in [4.69, 9.17) is 0 Å². The van der Waals surface area contributed by atoms with Gasteiger partial charge in [-0.25, -0.2) is 0 Å².